The second kappa shape index (κ2) is 6.69. The third kappa shape index (κ3) is 2.66. The van der Waals surface area contributed by atoms with Gasteiger partial charge in [-0.15, -0.1) is 0 Å². The Hall–Kier alpha value is -1.15. The molecule has 4 fully saturated rings. The first-order valence-corrected chi connectivity index (χ1v) is 11.6. The molecule has 0 saturated heterocycles. The Kier molecular flexibility index (Phi) is 4.50. The highest BCUT2D eigenvalue weighted by atomic mass is 19.1. The molecule has 1 aromatic carbocycles. The van der Waals surface area contributed by atoms with Crippen LogP contribution in [0.5, 0.6) is 0 Å². The fraction of sp³-hybridized carbons (Fsp3) is 0.692. The zero-order valence-electron chi connectivity index (χ0n) is 17.5. The van der Waals surface area contributed by atoms with Crippen molar-refractivity contribution in [1.82, 2.24) is 0 Å². The Bertz CT molecular complexity index is 784. The molecule has 0 heterocycles. The molecule has 2 heteroatoms. The summed E-state index contributed by atoms with van der Waals surface area (Å²) in [6.07, 6.45) is 13.3. The summed E-state index contributed by atoms with van der Waals surface area (Å²) >= 11 is 0. The van der Waals surface area contributed by atoms with E-state index in [0.29, 0.717) is 16.9 Å². The standard InChI is InChI=1S/C26H35FO/c1-25-13-6-5-8-19(25)10-11-20-21(25)12-14-26(2)22(20)16-18(24(26)28)15-17-7-3-4-9-23(17)27/h3-4,7,9,15,19-22,24,28H,5-6,8,10-14,16H2,1-2H3/b18-15-/t19-,20+,21-,22-,24-,25+,26+/m1/s1. The molecule has 1 aromatic rings. The topological polar surface area (TPSA) is 20.2 Å². The Morgan fingerprint density at radius 3 is 2.61 bits per heavy atom. The Labute approximate surface area is 169 Å². The first-order chi connectivity index (χ1) is 13.4. The van der Waals surface area contributed by atoms with Gasteiger partial charge in [0.15, 0.2) is 0 Å². The summed E-state index contributed by atoms with van der Waals surface area (Å²) in [5.74, 6) is 2.85. The van der Waals surface area contributed by atoms with Crippen LogP contribution in [-0.2, 0) is 0 Å². The van der Waals surface area contributed by atoms with Crippen molar-refractivity contribution in [1.29, 1.82) is 0 Å². The van der Waals surface area contributed by atoms with Crippen LogP contribution >= 0.6 is 0 Å². The molecule has 4 saturated carbocycles. The van der Waals surface area contributed by atoms with Crippen molar-refractivity contribution in [2.45, 2.75) is 77.7 Å². The highest BCUT2D eigenvalue weighted by Crippen LogP contribution is 2.67. The summed E-state index contributed by atoms with van der Waals surface area (Å²) < 4.78 is 14.2. The van der Waals surface area contributed by atoms with Crippen LogP contribution in [0, 0.1) is 40.3 Å². The number of fused-ring (bicyclic) bond motifs is 5. The number of hydrogen-bond acceptors (Lipinski definition) is 1. The van der Waals surface area contributed by atoms with E-state index in [2.05, 4.69) is 13.8 Å². The maximum atomic E-state index is 14.2. The number of aliphatic hydroxyl groups excluding tert-OH is 1. The Morgan fingerprint density at radius 2 is 1.79 bits per heavy atom. The van der Waals surface area contributed by atoms with Gasteiger partial charge in [-0.05, 0) is 85.7 Å². The van der Waals surface area contributed by atoms with Crippen molar-refractivity contribution in [3.8, 4) is 0 Å². The lowest BCUT2D eigenvalue weighted by Crippen LogP contribution is -2.53. The van der Waals surface area contributed by atoms with Gasteiger partial charge in [-0.3, -0.25) is 0 Å². The average molecular weight is 383 g/mol. The molecule has 152 valence electrons. The number of hydrogen-bond donors (Lipinski definition) is 1. The predicted octanol–water partition coefficient (Wildman–Crippen LogP) is 6.61. The van der Waals surface area contributed by atoms with Crippen molar-refractivity contribution in [3.63, 3.8) is 0 Å². The number of rotatable bonds is 1. The van der Waals surface area contributed by atoms with Crippen LogP contribution in [-0.4, -0.2) is 11.2 Å². The second-order valence-corrected chi connectivity index (χ2v) is 10.8. The van der Waals surface area contributed by atoms with E-state index in [0.717, 1.165) is 36.2 Å². The van der Waals surface area contributed by atoms with Crippen molar-refractivity contribution < 1.29 is 9.50 Å². The molecule has 0 spiro atoms. The molecule has 28 heavy (non-hydrogen) atoms. The minimum Gasteiger partial charge on any atom is -0.388 e. The molecule has 0 radical (unpaired) electrons. The Morgan fingerprint density at radius 1 is 0.964 bits per heavy atom. The number of halogens is 1. The zero-order valence-corrected chi connectivity index (χ0v) is 17.5. The fourth-order valence-electron chi connectivity index (χ4n) is 8.09. The van der Waals surface area contributed by atoms with Crippen molar-refractivity contribution >= 4 is 6.08 Å². The highest BCUT2D eigenvalue weighted by Gasteiger charge is 2.60. The van der Waals surface area contributed by atoms with E-state index in [4.69, 9.17) is 0 Å². The van der Waals surface area contributed by atoms with E-state index in [-0.39, 0.29) is 11.2 Å². The maximum Gasteiger partial charge on any atom is 0.130 e. The van der Waals surface area contributed by atoms with Gasteiger partial charge in [0.2, 0.25) is 0 Å². The quantitative estimate of drug-likeness (QED) is 0.579. The molecule has 0 aromatic heterocycles. The lowest BCUT2D eigenvalue weighted by atomic mass is 9.45. The summed E-state index contributed by atoms with van der Waals surface area (Å²) in [5.41, 5.74) is 2.18. The molecule has 1 N–H and O–H groups in total. The van der Waals surface area contributed by atoms with Gasteiger partial charge in [0.05, 0.1) is 6.10 Å². The van der Waals surface area contributed by atoms with Gasteiger partial charge in [0.1, 0.15) is 5.82 Å². The minimum atomic E-state index is -0.421. The molecular weight excluding hydrogens is 347 g/mol. The first-order valence-electron chi connectivity index (χ1n) is 11.6. The molecule has 1 nitrogen and oxygen atoms in total. The monoisotopic (exact) mass is 382 g/mol. The van der Waals surface area contributed by atoms with Gasteiger partial charge < -0.3 is 5.11 Å². The third-order valence-corrected chi connectivity index (χ3v) is 9.70. The molecular formula is C26H35FO. The van der Waals surface area contributed by atoms with Crippen LogP contribution in [0.4, 0.5) is 4.39 Å². The SMILES string of the molecule is C[C@]12CCCC[C@@H]1CC[C@H]1[C@H]2CC[C@]2(C)[C@H](O)/C(=C\c3ccccc3F)C[C@H]12. The molecule has 4 aliphatic rings. The van der Waals surface area contributed by atoms with Crippen LogP contribution in [0.15, 0.2) is 29.8 Å². The van der Waals surface area contributed by atoms with E-state index >= 15 is 0 Å². The molecule has 0 amide bonds. The van der Waals surface area contributed by atoms with E-state index in [1.54, 1.807) is 6.07 Å². The van der Waals surface area contributed by atoms with E-state index in [1.165, 1.54) is 51.0 Å². The molecule has 7 atom stereocenters. The summed E-state index contributed by atoms with van der Waals surface area (Å²) in [6, 6.07) is 6.96. The van der Waals surface area contributed by atoms with Gasteiger partial charge in [0.25, 0.3) is 0 Å². The van der Waals surface area contributed by atoms with Crippen LogP contribution in [0.2, 0.25) is 0 Å². The second-order valence-electron chi connectivity index (χ2n) is 10.8. The normalized spacial score (nSPS) is 46.7. The smallest absolute Gasteiger partial charge is 0.130 e. The molecule has 0 aliphatic heterocycles. The van der Waals surface area contributed by atoms with E-state index in [1.807, 2.05) is 18.2 Å². The minimum absolute atomic E-state index is 0.0316. The lowest BCUT2D eigenvalue weighted by molar-refractivity contribution is -0.119. The van der Waals surface area contributed by atoms with Gasteiger partial charge in [-0.2, -0.15) is 0 Å². The van der Waals surface area contributed by atoms with Gasteiger partial charge >= 0.3 is 0 Å². The summed E-state index contributed by atoms with van der Waals surface area (Å²) in [4.78, 5) is 0. The van der Waals surface area contributed by atoms with Crippen LogP contribution < -0.4 is 0 Å². The van der Waals surface area contributed by atoms with E-state index < -0.39 is 6.10 Å². The molecule has 0 unspecified atom stereocenters. The van der Waals surface area contributed by atoms with E-state index in [9.17, 15) is 9.50 Å². The average Bonchev–Trinajstić information content (AvgIpc) is 2.94. The van der Waals surface area contributed by atoms with Gasteiger partial charge in [-0.25, -0.2) is 4.39 Å². The molecule has 5 rings (SSSR count). The van der Waals surface area contributed by atoms with Gasteiger partial charge in [0, 0.05) is 11.0 Å². The van der Waals surface area contributed by atoms with Crippen LogP contribution in [0.3, 0.4) is 0 Å². The van der Waals surface area contributed by atoms with Crippen molar-refractivity contribution in [3.05, 3.63) is 41.2 Å². The third-order valence-electron chi connectivity index (χ3n) is 9.70. The fourth-order valence-corrected chi connectivity index (χ4v) is 8.09. The summed E-state index contributed by atoms with van der Waals surface area (Å²) in [5, 5.41) is 11.3. The van der Waals surface area contributed by atoms with Gasteiger partial charge in [-0.1, -0.05) is 51.0 Å². The zero-order chi connectivity index (χ0) is 19.5. The molecule has 4 aliphatic carbocycles. The molecule has 0 bridgehead atoms. The summed E-state index contributed by atoms with van der Waals surface area (Å²) in [6.45, 7) is 4.91. The van der Waals surface area contributed by atoms with Crippen LogP contribution in [0.25, 0.3) is 6.08 Å². The first kappa shape index (κ1) is 18.9. The number of benzene rings is 1. The summed E-state index contributed by atoms with van der Waals surface area (Å²) in [7, 11) is 0. The predicted molar refractivity (Wildman–Crippen MR) is 112 cm³/mol. The van der Waals surface area contributed by atoms with Crippen molar-refractivity contribution in [2.24, 2.45) is 34.5 Å². The van der Waals surface area contributed by atoms with Crippen LogP contribution in [0.1, 0.15) is 77.2 Å². The Balaban J connectivity index is 1.47. The number of aliphatic hydroxyl groups is 1. The maximum absolute atomic E-state index is 14.2. The van der Waals surface area contributed by atoms with Crippen molar-refractivity contribution in [2.75, 3.05) is 0 Å². The highest BCUT2D eigenvalue weighted by molar-refractivity contribution is 5.56. The lowest BCUT2D eigenvalue weighted by Gasteiger charge is -2.60. The largest absolute Gasteiger partial charge is 0.388 e.